The zero-order valence-electron chi connectivity index (χ0n) is 15.7. The molecule has 2 heterocycles. The maximum atomic E-state index is 5.65. The summed E-state index contributed by atoms with van der Waals surface area (Å²) in [4.78, 5) is 8.98. The third kappa shape index (κ3) is 3.94. The van der Waals surface area contributed by atoms with E-state index in [1.807, 2.05) is 43.5 Å². The van der Waals surface area contributed by atoms with Gasteiger partial charge in [-0.2, -0.15) is 4.98 Å². The highest BCUT2D eigenvalue weighted by Gasteiger charge is 2.14. The Labute approximate surface area is 167 Å². The first-order valence-corrected chi connectivity index (χ1v) is 10.0. The van der Waals surface area contributed by atoms with Gasteiger partial charge in [-0.3, -0.25) is 4.57 Å². The Morgan fingerprint density at radius 1 is 1.14 bits per heavy atom. The van der Waals surface area contributed by atoms with Crippen molar-refractivity contribution in [2.24, 2.45) is 0 Å². The van der Waals surface area contributed by atoms with E-state index in [1.165, 1.54) is 5.56 Å². The van der Waals surface area contributed by atoms with Gasteiger partial charge in [-0.05, 0) is 43.7 Å². The molecular formula is C21H20N4O2S. The number of nitrogens with zero attached hydrogens (tertiary/aromatic N) is 4. The summed E-state index contributed by atoms with van der Waals surface area (Å²) in [6.07, 6.45) is 3.75. The Hall–Kier alpha value is -3.06. The normalized spacial score (nSPS) is 10.9. The van der Waals surface area contributed by atoms with Crippen LogP contribution in [0.15, 0.2) is 70.6 Å². The predicted octanol–water partition coefficient (Wildman–Crippen LogP) is 4.92. The highest BCUT2D eigenvalue weighted by Crippen LogP contribution is 2.29. The van der Waals surface area contributed by atoms with Gasteiger partial charge >= 0.3 is 0 Å². The first kappa shape index (κ1) is 18.3. The first-order chi connectivity index (χ1) is 13.7. The van der Waals surface area contributed by atoms with E-state index in [-0.39, 0.29) is 0 Å². The molecule has 6 nitrogen and oxygen atoms in total. The SMILES string of the molecule is CCOc1ccccc1-c1noc(CSc2nccn2-c2cccc(C)c2)n1. The summed E-state index contributed by atoms with van der Waals surface area (Å²) in [5.41, 5.74) is 3.11. The Balaban J connectivity index is 1.50. The lowest BCUT2D eigenvalue weighted by Crippen LogP contribution is -1.96. The Morgan fingerprint density at radius 2 is 2.04 bits per heavy atom. The Morgan fingerprint density at radius 3 is 2.89 bits per heavy atom. The molecule has 0 aliphatic rings. The van der Waals surface area contributed by atoms with Crippen LogP contribution < -0.4 is 4.74 Å². The van der Waals surface area contributed by atoms with Crippen molar-refractivity contribution in [2.45, 2.75) is 24.8 Å². The monoisotopic (exact) mass is 392 g/mol. The van der Waals surface area contributed by atoms with Crippen LogP contribution in [0, 0.1) is 6.92 Å². The molecule has 0 amide bonds. The number of aromatic nitrogens is 4. The van der Waals surface area contributed by atoms with Crippen molar-refractivity contribution >= 4 is 11.8 Å². The fraction of sp³-hybridized carbons (Fsp3) is 0.190. The highest BCUT2D eigenvalue weighted by molar-refractivity contribution is 7.98. The maximum absolute atomic E-state index is 5.65. The van der Waals surface area contributed by atoms with Gasteiger partial charge in [0.2, 0.25) is 11.7 Å². The number of benzene rings is 2. The molecule has 2 aromatic heterocycles. The van der Waals surface area contributed by atoms with Crippen molar-refractivity contribution in [2.75, 3.05) is 6.61 Å². The molecule has 0 aliphatic heterocycles. The van der Waals surface area contributed by atoms with Crippen LogP contribution in [0.25, 0.3) is 17.1 Å². The molecule has 0 radical (unpaired) electrons. The van der Waals surface area contributed by atoms with Crippen LogP contribution in [0.5, 0.6) is 5.75 Å². The van der Waals surface area contributed by atoms with E-state index >= 15 is 0 Å². The molecule has 0 bridgehead atoms. The second kappa shape index (κ2) is 8.31. The number of imidazole rings is 1. The summed E-state index contributed by atoms with van der Waals surface area (Å²) < 4.78 is 13.1. The molecule has 4 rings (SSSR count). The van der Waals surface area contributed by atoms with E-state index in [9.17, 15) is 0 Å². The van der Waals surface area contributed by atoms with Crippen LogP contribution in [-0.4, -0.2) is 26.3 Å². The third-order valence-corrected chi connectivity index (χ3v) is 5.06. The molecular weight excluding hydrogens is 372 g/mol. The van der Waals surface area contributed by atoms with E-state index in [1.54, 1.807) is 18.0 Å². The molecule has 0 unspecified atom stereocenters. The summed E-state index contributed by atoms with van der Waals surface area (Å²) in [6, 6.07) is 16.0. The van der Waals surface area contributed by atoms with Crippen molar-refractivity contribution in [1.29, 1.82) is 0 Å². The van der Waals surface area contributed by atoms with Crippen LogP contribution >= 0.6 is 11.8 Å². The molecule has 2 aromatic carbocycles. The summed E-state index contributed by atoms with van der Waals surface area (Å²) >= 11 is 1.55. The standard InChI is InChI=1S/C21H20N4O2S/c1-3-26-18-10-5-4-9-17(18)20-23-19(27-24-20)14-28-21-22-11-12-25(21)16-8-6-7-15(2)13-16/h4-13H,3,14H2,1-2H3. The fourth-order valence-corrected chi connectivity index (χ4v) is 3.66. The van der Waals surface area contributed by atoms with E-state index in [4.69, 9.17) is 9.26 Å². The average Bonchev–Trinajstić information content (AvgIpc) is 3.36. The summed E-state index contributed by atoms with van der Waals surface area (Å²) in [6.45, 7) is 4.61. The molecule has 0 fully saturated rings. The lowest BCUT2D eigenvalue weighted by Gasteiger charge is -2.07. The second-order valence-corrected chi connectivity index (χ2v) is 7.09. The van der Waals surface area contributed by atoms with E-state index in [0.29, 0.717) is 24.1 Å². The molecule has 4 aromatic rings. The number of aryl methyl sites for hydroxylation is 1. The number of hydrogen-bond donors (Lipinski definition) is 0. The van der Waals surface area contributed by atoms with Gasteiger partial charge in [-0.25, -0.2) is 4.98 Å². The number of hydrogen-bond acceptors (Lipinski definition) is 6. The molecule has 142 valence electrons. The Bertz CT molecular complexity index is 1070. The van der Waals surface area contributed by atoms with Crippen molar-refractivity contribution in [3.8, 4) is 22.8 Å². The topological polar surface area (TPSA) is 66.0 Å². The number of thioether (sulfide) groups is 1. The van der Waals surface area contributed by atoms with Gasteiger partial charge in [0.1, 0.15) is 5.75 Å². The van der Waals surface area contributed by atoms with Crippen molar-refractivity contribution in [1.82, 2.24) is 19.7 Å². The van der Waals surface area contributed by atoms with Gasteiger partial charge in [0.05, 0.1) is 17.9 Å². The Kier molecular flexibility index (Phi) is 5.43. The molecule has 0 N–H and O–H groups in total. The van der Waals surface area contributed by atoms with Crippen LogP contribution in [0.2, 0.25) is 0 Å². The van der Waals surface area contributed by atoms with Crippen molar-refractivity contribution < 1.29 is 9.26 Å². The number of para-hydroxylation sites is 1. The summed E-state index contributed by atoms with van der Waals surface area (Å²) in [7, 11) is 0. The van der Waals surface area contributed by atoms with E-state index in [0.717, 1.165) is 22.2 Å². The van der Waals surface area contributed by atoms with Gasteiger partial charge < -0.3 is 9.26 Å². The van der Waals surface area contributed by atoms with Gasteiger partial charge in [0, 0.05) is 18.1 Å². The summed E-state index contributed by atoms with van der Waals surface area (Å²) in [5, 5.41) is 4.99. The maximum Gasteiger partial charge on any atom is 0.237 e. The minimum atomic E-state index is 0.529. The average molecular weight is 392 g/mol. The highest BCUT2D eigenvalue weighted by atomic mass is 32.2. The van der Waals surface area contributed by atoms with E-state index in [2.05, 4.69) is 44.8 Å². The molecule has 0 aliphatic carbocycles. The predicted molar refractivity (Wildman–Crippen MR) is 109 cm³/mol. The lowest BCUT2D eigenvalue weighted by atomic mass is 10.2. The molecule has 0 atom stereocenters. The summed E-state index contributed by atoms with van der Waals surface area (Å²) in [5.74, 6) is 2.36. The molecule has 0 spiro atoms. The first-order valence-electron chi connectivity index (χ1n) is 9.02. The minimum absolute atomic E-state index is 0.529. The van der Waals surface area contributed by atoms with Crippen LogP contribution in [0.4, 0.5) is 0 Å². The van der Waals surface area contributed by atoms with Crippen LogP contribution in [0.3, 0.4) is 0 Å². The third-order valence-electron chi connectivity index (χ3n) is 4.11. The van der Waals surface area contributed by atoms with Crippen molar-refractivity contribution in [3.63, 3.8) is 0 Å². The molecule has 0 saturated heterocycles. The van der Waals surface area contributed by atoms with Crippen LogP contribution in [-0.2, 0) is 5.75 Å². The fourth-order valence-electron chi connectivity index (χ4n) is 2.85. The zero-order chi connectivity index (χ0) is 19.3. The smallest absolute Gasteiger partial charge is 0.237 e. The van der Waals surface area contributed by atoms with E-state index < -0.39 is 0 Å². The second-order valence-electron chi connectivity index (χ2n) is 6.15. The molecule has 28 heavy (non-hydrogen) atoms. The zero-order valence-corrected chi connectivity index (χ0v) is 16.5. The van der Waals surface area contributed by atoms with Gasteiger partial charge in [0.15, 0.2) is 5.16 Å². The minimum Gasteiger partial charge on any atom is -0.493 e. The lowest BCUT2D eigenvalue weighted by molar-refractivity contribution is 0.341. The molecule has 7 heteroatoms. The molecule has 0 saturated carbocycles. The van der Waals surface area contributed by atoms with Gasteiger partial charge in [0.25, 0.3) is 0 Å². The van der Waals surface area contributed by atoms with Crippen LogP contribution in [0.1, 0.15) is 18.4 Å². The van der Waals surface area contributed by atoms with Gasteiger partial charge in [-0.1, -0.05) is 41.2 Å². The number of ether oxygens (including phenoxy) is 1. The largest absolute Gasteiger partial charge is 0.493 e. The number of rotatable bonds is 7. The van der Waals surface area contributed by atoms with Gasteiger partial charge in [-0.15, -0.1) is 0 Å². The van der Waals surface area contributed by atoms with Crippen molar-refractivity contribution in [3.05, 3.63) is 72.4 Å². The quantitative estimate of drug-likeness (QED) is 0.416.